The maximum absolute atomic E-state index is 9.21. The molecule has 0 aromatic carbocycles. The van der Waals surface area contributed by atoms with Crippen molar-refractivity contribution in [1.82, 2.24) is 0 Å². The molecule has 86 valence electrons. The van der Waals surface area contributed by atoms with E-state index in [4.69, 9.17) is 4.74 Å². The molecule has 0 heterocycles. The van der Waals surface area contributed by atoms with Gasteiger partial charge in [0.25, 0.3) is 0 Å². The second kappa shape index (κ2) is 4.63. The summed E-state index contributed by atoms with van der Waals surface area (Å²) in [5.41, 5.74) is 0.209. The van der Waals surface area contributed by atoms with Gasteiger partial charge >= 0.3 is 0 Å². The molecule has 0 radical (unpaired) electrons. The van der Waals surface area contributed by atoms with Gasteiger partial charge in [-0.25, -0.2) is 0 Å². The third kappa shape index (κ3) is 4.97. The highest BCUT2D eigenvalue weighted by Gasteiger charge is 2.35. The maximum Gasteiger partial charge on any atom is 0.0745 e. The van der Waals surface area contributed by atoms with Crippen molar-refractivity contribution < 1.29 is 9.84 Å². The van der Waals surface area contributed by atoms with Gasteiger partial charge in [0.15, 0.2) is 0 Å². The number of ether oxygens (including phenoxy) is 1. The third-order valence-corrected chi connectivity index (χ3v) is 2.08. The van der Waals surface area contributed by atoms with E-state index >= 15 is 0 Å². The minimum Gasteiger partial charge on any atom is -0.391 e. The quantitative estimate of drug-likeness (QED) is 0.762. The zero-order valence-corrected chi connectivity index (χ0v) is 10.7. The van der Waals surface area contributed by atoms with E-state index in [1.54, 1.807) is 6.92 Å². The van der Waals surface area contributed by atoms with Crippen molar-refractivity contribution in [3.05, 3.63) is 0 Å². The molecule has 0 bridgehead atoms. The lowest BCUT2D eigenvalue weighted by Gasteiger charge is -2.40. The molecular formula is C12H26O2. The largest absolute Gasteiger partial charge is 0.391 e. The molecule has 0 saturated heterocycles. The first-order valence-electron chi connectivity index (χ1n) is 5.35. The van der Waals surface area contributed by atoms with E-state index in [-0.39, 0.29) is 23.0 Å². The fourth-order valence-electron chi connectivity index (χ4n) is 2.03. The van der Waals surface area contributed by atoms with Gasteiger partial charge in [0, 0.05) is 0 Å². The smallest absolute Gasteiger partial charge is 0.0745 e. The van der Waals surface area contributed by atoms with Crippen molar-refractivity contribution in [3.63, 3.8) is 0 Å². The zero-order valence-electron chi connectivity index (χ0n) is 10.7. The summed E-state index contributed by atoms with van der Waals surface area (Å²) in [4.78, 5) is 0. The first-order chi connectivity index (χ1) is 6.05. The Bertz CT molecular complexity index is 146. The Balaban J connectivity index is 4.44. The Hall–Kier alpha value is -0.0800. The van der Waals surface area contributed by atoms with Crippen molar-refractivity contribution in [1.29, 1.82) is 0 Å². The average Bonchev–Trinajstić information content (AvgIpc) is 1.78. The zero-order chi connectivity index (χ0) is 11.6. The molecule has 0 spiro atoms. The molecule has 0 rings (SSSR count). The standard InChI is InChI=1S/C12H26O2/c1-9(13)8-14-10(11(2,3)4)12(5,6)7/h9-10,13H,8H2,1-7H3. The Morgan fingerprint density at radius 1 is 1.00 bits per heavy atom. The van der Waals surface area contributed by atoms with E-state index in [2.05, 4.69) is 41.5 Å². The fourth-order valence-corrected chi connectivity index (χ4v) is 2.03. The van der Waals surface area contributed by atoms with Crippen LogP contribution in [0.1, 0.15) is 48.5 Å². The molecule has 0 aromatic rings. The van der Waals surface area contributed by atoms with Gasteiger partial charge in [-0.05, 0) is 17.8 Å². The molecule has 0 fully saturated rings. The summed E-state index contributed by atoms with van der Waals surface area (Å²) >= 11 is 0. The van der Waals surface area contributed by atoms with Crippen molar-refractivity contribution in [2.24, 2.45) is 10.8 Å². The van der Waals surface area contributed by atoms with E-state index < -0.39 is 0 Å². The highest BCUT2D eigenvalue weighted by molar-refractivity contribution is 4.85. The van der Waals surface area contributed by atoms with Crippen LogP contribution >= 0.6 is 0 Å². The van der Waals surface area contributed by atoms with Crippen LogP contribution in [-0.2, 0) is 4.74 Å². The van der Waals surface area contributed by atoms with Crippen molar-refractivity contribution in [3.8, 4) is 0 Å². The van der Waals surface area contributed by atoms with Crippen LogP contribution in [-0.4, -0.2) is 23.9 Å². The summed E-state index contributed by atoms with van der Waals surface area (Å²) in [6, 6.07) is 0. The van der Waals surface area contributed by atoms with Crippen molar-refractivity contribution in [2.45, 2.75) is 60.7 Å². The molecule has 1 N–H and O–H groups in total. The number of aliphatic hydroxyl groups is 1. The van der Waals surface area contributed by atoms with E-state index in [1.165, 1.54) is 0 Å². The van der Waals surface area contributed by atoms with Gasteiger partial charge in [0.05, 0.1) is 18.8 Å². The second-order valence-corrected chi connectivity index (χ2v) is 6.29. The van der Waals surface area contributed by atoms with Crippen LogP contribution in [0.3, 0.4) is 0 Å². The Kier molecular flexibility index (Phi) is 4.60. The average molecular weight is 202 g/mol. The molecule has 14 heavy (non-hydrogen) atoms. The van der Waals surface area contributed by atoms with Crippen LogP contribution in [0.5, 0.6) is 0 Å². The summed E-state index contributed by atoms with van der Waals surface area (Å²) in [6.07, 6.45) is -0.230. The molecular weight excluding hydrogens is 176 g/mol. The Morgan fingerprint density at radius 3 is 1.57 bits per heavy atom. The first kappa shape index (κ1) is 13.9. The van der Waals surface area contributed by atoms with Crippen molar-refractivity contribution in [2.75, 3.05) is 6.61 Å². The van der Waals surface area contributed by atoms with Gasteiger partial charge in [-0.2, -0.15) is 0 Å². The lowest BCUT2D eigenvalue weighted by Crippen LogP contribution is -2.41. The highest BCUT2D eigenvalue weighted by atomic mass is 16.5. The third-order valence-electron chi connectivity index (χ3n) is 2.08. The minimum atomic E-state index is -0.387. The van der Waals surface area contributed by atoms with Crippen LogP contribution in [0, 0.1) is 10.8 Å². The predicted molar refractivity (Wildman–Crippen MR) is 60.3 cm³/mol. The summed E-state index contributed by atoms with van der Waals surface area (Å²) in [5, 5.41) is 9.21. The van der Waals surface area contributed by atoms with Gasteiger partial charge in [0.1, 0.15) is 0 Å². The van der Waals surface area contributed by atoms with E-state index in [1.807, 2.05) is 0 Å². The predicted octanol–water partition coefficient (Wildman–Crippen LogP) is 2.84. The Labute approximate surface area is 88.7 Å². The summed E-state index contributed by atoms with van der Waals surface area (Å²) in [5.74, 6) is 0. The molecule has 1 unspecified atom stereocenters. The van der Waals surface area contributed by atoms with Crippen LogP contribution in [0.25, 0.3) is 0 Å². The monoisotopic (exact) mass is 202 g/mol. The van der Waals surface area contributed by atoms with Crippen LogP contribution in [0.2, 0.25) is 0 Å². The van der Waals surface area contributed by atoms with E-state index in [0.717, 1.165) is 0 Å². The number of hydrogen-bond acceptors (Lipinski definition) is 2. The lowest BCUT2D eigenvalue weighted by molar-refractivity contribution is -0.102. The van der Waals surface area contributed by atoms with Gasteiger partial charge in [-0.3, -0.25) is 0 Å². The number of rotatable bonds is 3. The Morgan fingerprint density at radius 2 is 1.36 bits per heavy atom. The summed E-state index contributed by atoms with van der Waals surface area (Å²) in [6.45, 7) is 15.2. The molecule has 2 nitrogen and oxygen atoms in total. The SMILES string of the molecule is CC(O)COC(C(C)(C)C)C(C)(C)C. The lowest BCUT2D eigenvalue weighted by atomic mass is 9.74. The maximum atomic E-state index is 9.21. The normalized spacial score (nSPS) is 16.1. The van der Waals surface area contributed by atoms with Crippen LogP contribution < -0.4 is 0 Å². The minimum absolute atomic E-state index is 0.104. The molecule has 0 aliphatic carbocycles. The molecule has 0 aromatic heterocycles. The van der Waals surface area contributed by atoms with Gasteiger partial charge in [-0.1, -0.05) is 41.5 Å². The van der Waals surface area contributed by atoms with Crippen molar-refractivity contribution >= 4 is 0 Å². The molecule has 0 saturated carbocycles. The van der Waals surface area contributed by atoms with Crippen LogP contribution in [0.4, 0.5) is 0 Å². The number of hydrogen-bond donors (Lipinski definition) is 1. The van der Waals surface area contributed by atoms with Gasteiger partial charge in [0.2, 0.25) is 0 Å². The van der Waals surface area contributed by atoms with Gasteiger partial charge < -0.3 is 9.84 Å². The first-order valence-corrected chi connectivity index (χ1v) is 5.35. The summed E-state index contributed by atoms with van der Waals surface area (Å²) < 4.78 is 5.78. The topological polar surface area (TPSA) is 29.5 Å². The summed E-state index contributed by atoms with van der Waals surface area (Å²) in [7, 11) is 0. The molecule has 0 amide bonds. The molecule has 1 atom stereocenters. The van der Waals surface area contributed by atoms with E-state index in [9.17, 15) is 5.11 Å². The molecule has 2 heteroatoms. The molecule has 0 aliphatic heterocycles. The van der Waals surface area contributed by atoms with E-state index in [0.29, 0.717) is 6.61 Å². The van der Waals surface area contributed by atoms with Gasteiger partial charge in [-0.15, -0.1) is 0 Å². The second-order valence-electron chi connectivity index (χ2n) is 6.29. The number of aliphatic hydroxyl groups excluding tert-OH is 1. The fraction of sp³-hybridized carbons (Fsp3) is 1.00. The molecule has 0 aliphatic rings. The highest BCUT2D eigenvalue weighted by Crippen LogP contribution is 2.35. The van der Waals surface area contributed by atoms with Crippen LogP contribution in [0.15, 0.2) is 0 Å².